The van der Waals surface area contributed by atoms with E-state index >= 15 is 0 Å². The van der Waals surface area contributed by atoms with Crippen LogP contribution in [0.2, 0.25) is 13.3 Å². The van der Waals surface area contributed by atoms with Crippen LogP contribution >= 0.6 is 0 Å². The minimum absolute atomic E-state index is 0. The Kier molecular flexibility index (Phi) is 15.8. The van der Waals surface area contributed by atoms with E-state index in [1.165, 1.54) is 0 Å². The molecule has 0 spiro atoms. The Balaban J connectivity index is 0. The Morgan fingerprint density at radius 1 is 0.763 bits per heavy atom. The van der Waals surface area contributed by atoms with Gasteiger partial charge in [0.05, 0.1) is 0 Å². The summed E-state index contributed by atoms with van der Waals surface area (Å²) >= 11 is -3.48. The Labute approximate surface area is 234 Å². The van der Waals surface area contributed by atoms with E-state index in [0.717, 1.165) is 61.6 Å². The van der Waals surface area contributed by atoms with Crippen LogP contribution in [0.1, 0.15) is 101 Å². The molecular formula is C26H55N7O4Sn. The molecule has 0 aliphatic heterocycles. The molecule has 0 fully saturated rings. The number of nitrogen functional groups attached to an aromatic ring is 1. The first kappa shape index (κ1) is 38.3. The summed E-state index contributed by atoms with van der Waals surface area (Å²) in [5.41, 5.74) is 4.59. The van der Waals surface area contributed by atoms with Gasteiger partial charge >= 0.3 is 222 Å². The molecule has 0 saturated carbocycles. The standard InChI is InChI=1S/C14H22N5O4.3C4H9.2H3N.Sn/c1-13(2,3)18(11(20)21)8-7-16-10(15)17-9(8)19(12(22)23)14(4,5)6;3*1-3-4-2;;;/h1-6H3,(H,20,21)(H,22,23)(H2,15,16,17);3*1,3-4H2,2H3;2*1H3;. The van der Waals surface area contributed by atoms with Crippen LogP contribution in [0.4, 0.5) is 27.0 Å². The number of amides is 2. The number of carbonyl (C=O) groups is 2. The molecule has 222 valence electrons. The number of nitrogens with two attached hydrogens (primary N) is 1. The molecule has 0 aliphatic rings. The zero-order valence-electron chi connectivity index (χ0n) is 25.9. The van der Waals surface area contributed by atoms with Gasteiger partial charge in [0.1, 0.15) is 0 Å². The molecule has 12 heteroatoms. The Hall–Kier alpha value is -1.86. The van der Waals surface area contributed by atoms with Crippen LogP contribution in [0.15, 0.2) is 0 Å². The third-order valence-electron chi connectivity index (χ3n) is 6.55. The van der Waals surface area contributed by atoms with E-state index in [0.29, 0.717) is 3.71 Å². The van der Waals surface area contributed by atoms with Crippen LogP contribution in [0.5, 0.6) is 0 Å². The van der Waals surface area contributed by atoms with Gasteiger partial charge in [0.2, 0.25) is 0 Å². The summed E-state index contributed by atoms with van der Waals surface area (Å²) in [4.78, 5) is 36.5. The third kappa shape index (κ3) is 9.40. The number of aromatic nitrogens is 2. The average molecular weight is 648 g/mol. The van der Waals surface area contributed by atoms with E-state index in [4.69, 9.17) is 10.7 Å². The summed E-state index contributed by atoms with van der Waals surface area (Å²) < 4.78 is 3.65. The van der Waals surface area contributed by atoms with Crippen molar-refractivity contribution in [1.29, 1.82) is 0 Å². The van der Waals surface area contributed by atoms with Gasteiger partial charge < -0.3 is 12.3 Å². The number of hydrogen-bond acceptors (Lipinski definition) is 7. The molecule has 1 heterocycles. The maximum atomic E-state index is 12.7. The first-order chi connectivity index (χ1) is 16.6. The van der Waals surface area contributed by atoms with Crippen molar-refractivity contribution in [3.8, 4) is 0 Å². The van der Waals surface area contributed by atoms with E-state index in [1.807, 2.05) is 0 Å². The van der Waals surface area contributed by atoms with Gasteiger partial charge in [-0.05, 0) is 0 Å². The predicted octanol–water partition coefficient (Wildman–Crippen LogP) is 4.76. The number of carbonyl (C=O) groups excluding carboxylic acids is 2. The summed E-state index contributed by atoms with van der Waals surface area (Å²) in [5, 5.41) is 25.2. The fourth-order valence-corrected chi connectivity index (χ4v) is 20.9. The number of carboxylic acid groups (broad SMARTS) is 2. The van der Waals surface area contributed by atoms with Crippen molar-refractivity contribution in [3.63, 3.8) is 0 Å². The minimum atomic E-state index is -3.48. The van der Waals surface area contributed by atoms with Crippen molar-refractivity contribution in [2.24, 2.45) is 0 Å². The molecule has 10 N–H and O–H groups in total. The smallest absolute Gasteiger partial charge is 0.369 e. The normalized spacial score (nSPS) is 11.8. The van der Waals surface area contributed by atoms with Crippen LogP contribution in [0.25, 0.3) is 0 Å². The molecule has 0 atom stereocenters. The average Bonchev–Trinajstić information content (AvgIpc) is 2.72. The zero-order chi connectivity index (χ0) is 27.9. The molecule has 38 heavy (non-hydrogen) atoms. The van der Waals surface area contributed by atoms with Gasteiger partial charge in [0.15, 0.2) is 0 Å². The van der Waals surface area contributed by atoms with Gasteiger partial charge in [0, 0.05) is 0 Å². The van der Waals surface area contributed by atoms with Gasteiger partial charge in [-0.1, -0.05) is 0 Å². The van der Waals surface area contributed by atoms with E-state index < -0.39 is 41.6 Å². The van der Waals surface area contributed by atoms with Crippen LogP contribution in [-0.2, 0) is 0 Å². The topological polar surface area (TPSA) is 212 Å². The second-order valence-electron chi connectivity index (χ2n) is 11.7. The van der Waals surface area contributed by atoms with Crippen molar-refractivity contribution >= 4 is 51.7 Å². The molecular weight excluding hydrogens is 593 g/mol. The number of nitrogens with zero attached hydrogens (tertiary/aromatic N) is 4. The maximum absolute atomic E-state index is 12.7. The van der Waals surface area contributed by atoms with Gasteiger partial charge in [-0.25, -0.2) is 0 Å². The van der Waals surface area contributed by atoms with Crippen molar-refractivity contribution in [2.75, 3.05) is 15.5 Å². The van der Waals surface area contributed by atoms with Crippen LogP contribution < -0.4 is 41.8 Å². The third-order valence-corrected chi connectivity index (χ3v) is 21.6. The Morgan fingerprint density at radius 3 is 1.42 bits per heavy atom. The molecule has 0 radical (unpaired) electrons. The molecule has 0 bridgehead atoms. The first-order valence-electron chi connectivity index (χ1n) is 13.3. The summed E-state index contributed by atoms with van der Waals surface area (Å²) in [5.74, 6) is -0.0771. The zero-order valence-corrected chi connectivity index (χ0v) is 28.7. The minimum Gasteiger partial charge on any atom is -0.369 e. The van der Waals surface area contributed by atoms with E-state index in [1.54, 1.807) is 41.5 Å². The fraction of sp³-hybridized carbons (Fsp3) is 0.769. The Bertz CT molecular complexity index is 879. The van der Waals surface area contributed by atoms with E-state index in [-0.39, 0.29) is 29.8 Å². The second-order valence-corrected chi connectivity index (χ2v) is 24.7. The molecule has 0 aliphatic carbocycles. The fourth-order valence-electron chi connectivity index (χ4n) is 4.85. The van der Waals surface area contributed by atoms with Crippen molar-refractivity contribution in [1.82, 2.24) is 22.3 Å². The monoisotopic (exact) mass is 649 g/mol. The SMILES string of the molecule is CCC[CH2][Sn]([CH2]CCC)([CH2]CCC)[c]1nc(N)nc(N(C(=O)[O-])C(C)(C)C)c1N(C(=O)[O-])C(C)(C)C.[NH4+].[NH4+]. The number of anilines is 3. The van der Waals surface area contributed by atoms with Crippen molar-refractivity contribution < 1.29 is 19.8 Å². The number of quaternary nitrogens is 2. The van der Waals surface area contributed by atoms with Gasteiger partial charge in [0.25, 0.3) is 0 Å². The molecule has 0 unspecified atom stereocenters. The van der Waals surface area contributed by atoms with Crippen molar-refractivity contribution in [3.05, 3.63) is 0 Å². The molecule has 1 aromatic heterocycles. The van der Waals surface area contributed by atoms with Crippen LogP contribution in [-0.4, -0.2) is 51.6 Å². The molecule has 2 amide bonds. The molecule has 0 aromatic carbocycles. The van der Waals surface area contributed by atoms with Gasteiger partial charge in [-0.2, -0.15) is 0 Å². The summed E-state index contributed by atoms with van der Waals surface area (Å²) in [7, 11) is 0. The molecule has 0 saturated heterocycles. The maximum Gasteiger partial charge on any atom is -0.369 e. The number of unbranched alkanes of at least 4 members (excludes halogenated alkanes) is 3. The van der Waals surface area contributed by atoms with Crippen molar-refractivity contribution in [2.45, 2.75) is 125 Å². The molecule has 11 nitrogen and oxygen atoms in total. The number of hydrogen-bond donors (Lipinski definition) is 3. The quantitative estimate of drug-likeness (QED) is 0.270. The Morgan fingerprint density at radius 2 is 1.13 bits per heavy atom. The predicted molar refractivity (Wildman–Crippen MR) is 158 cm³/mol. The van der Waals surface area contributed by atoms with Crippen LogP contribution in [0.3, 0.4) is 0 Å². The first-order valence-corrected chi connectivity index (χ1v) is 20.8. The molecule has 1 rings (SSSR count). The van der Waals surface area contributed by atoms with Gasteiger partial charge in [-0.15, -0.1) is 0 Å². The summed E-state index contributed by atoms with van der Waals surface area (Å²) in [6.07, 6.45) is 3.15. The number of rotatable bonds is 12. The van der Waals surface area contributed by atoms with Crippen LogP contribution in [0, 0.1) is 0 Å². The second kappa shape index (κ2) is 15.7. The summed E-state index contributed by atoms with van der Waals surface area (Å²) in [6.45, 7) is 16.9. The largest absolute Gasteiger partial charge is 0.369 e. The van der Waals surface area contributed by atoms with Gasteiger partial charge in [-0.3, -0.25) is 0 Å². The van der Waals surface area contributed by atoms with E-state index in [2.05, 4.69) is 25.8 Å². The summed E-state index contributed by atoms with van der Waals surface area (Å²) in [6, 6.07) is 0. The molecule has 1 aromatic rings. The van der Waals surface area contributed by atoms with E-state index in [9.17, 15) is 19.8 Å².